The van der Waals surface area contributed by atoms with E-state index in [0.29, 0.717) is 6.67 Å². The van der Waals surface area contributed by atoms with Crippen molar-refractivity contribution in [3.8, 4) is 0 Å². The number of nitrogens with zero attached hydrogens (tertiary/aromatic N) is 2. The quantitative estimate of drug-likeness (QED) is 0.323. The van der Waals surface area contributed by atoms with E-state index < -0.39 is 0 Å². The highest BCUT2D eigenvalue weighted by Gasteiger charge is 1.90. The molecule has 0 rings (SSSR count). The van der Waals surface area contributed by atoms with E-state index in [1.165, 1.54) is 38.5 Å². The average Bonchev–Trinajstić information content (AvgIpc) is 2.16. The summed E-state index contributed by atoms with van der Waals surface area (Å²) in [6, 6.07) is 0. The first-order chi connectivity index (χ1) is 6.41. The minimum absolute atomic E-state index is 0.485. The predicted octanol–water partition coefficient (Wildman–Crippen LogP) is 2.44. The Bertz CT molecular complexity index is 141. The van der Waals surface area contributed by atoms with Gasteiger partial charge in [0.1, 0.15) is 10.6 Å². The van der Waals surface area contributed by atoms with E-state index in [2.05, 4.69) is 22.3 Å². The SMILES string of the molecule is CCCCCCCCNCN=[N+]=N. The van der Waals surface area contributed by atoms with Crippen molar-refractivity contribution in [2.45, 2.75) is 45.4 Å². The molecule has 0 atom stereocenters. The number of nitrogens with one attached hydrogen (secondary N) is 2. The fourth-order valence-electron chi connectivity index (χ4n) is 1.19. The van der Waals surface area contributed by atoms with Gasteiger partial charge < -0.3 is 0 Å². The van der Waals surface area contributed by atoms with Gasteiger partial charge in [-0.2, -0.15) is 0 Å². The van der Waals surface area contributed by atoms with Gasteiger partial charge in [-0.15, -0.1) is 0 Å². The Kier molecular flexibility index (Phi) is 10.6. The van der Waals surface area contributed by atoms with Crippen LogP contribution in [0.1, 0.15) is 45.4 Å². The minimum Gasteiger partial charge on any atom is -0.292 e. The van der Waals surface area contributed by atoms with E-state index in [1.54, 1.807) is 0 Å². The zero-order chi connectivity index (χ0) is 9.78. The van der Waals surface area contributed by atoms with Gasteiger partial charge >= 0.3 is 0 Å². The van der Waals surface area contributed by atoms with E-state index in [0.717, 1.165) is 6.54 Å². The van der Waals surface area contributed by atoms with Crippen molar-refractivity contribution in [1.82, 2.24) is 10.2 Å². The average molecular weight is 185 g/mol. The monoisotopic (exact) mass is 185 g/mol. The van der Waals surface area contributed by atoms with Gasteiger partial charge in [0.25, 0.3) is 0 Å². The van der Waals surface area contributed by atoms with E-state index in [9.17, 15) is 0 Å². The topological polar surface area (TPSA) is 62.3 Å². The van der Waals surface area contributed by atoms with Crippen LogP contribution in [-0.2, 0) is 0 Å². The lowest BCUT2D eigenvalue weighted by molar-refractivity contribution is 0.570. The van der Waals surface area contributed by atoms with Crippen LogP contribution < -0.4 is 10.2 Å². The standard InChI is InChI=1S/C9H21N4/c1-2-3-4-5-6-7-8-11-9-12-13-10/h10-11H,2-9H2,1H3/q+1. The van der Waals surface area contributed by atoms with Crippen LogP contribution in [-0.4, -0.2) is 13.2 Å². The minimum atomic E-state index is 0.485. The van der Waals surface area contributed by atoms with Crippen molar-refractivity contribution in [2.24, 2.45) is 5.11 Å². The van der Waals surface area contributed by atoms with Crippen LogP contribution in [0, 0.1) is 5.53 Å². The maximum absolute atomic E-state index is 6.41. The van der Waals surface area contributed by atoms with Crippen molar-refractivity contribution < 1.29 is 0 Å². The van der Waals surface area contributed by atoms with Crippen molar-refractivity contribution >= 4 is 0 Å². The van der Waals surface area contributed by atoms with Crippen molar-refractivity contribution in [3.63, 3.8) is 0 Å². The van der Waals surface area contributed by atoms with Crippen LogP contribution in [0.4, 0.5) is 0 Å². The molecule has 0 heterocycles. The Labute approximate surface area is 80.3 Å². The molecule has 2 N–H and O–H groups in total. The van der Waals surface area contributed by atoms with E-state index in [1.807, 2.05) is 0 Å². The molecule has 76 valence electrons. The summed E-state index contributed by atoms with van der Waals surface area (Å²) in [4.78, 5) is 2.91. The first-order valence-corrected chi connectivity index (χ1v) is 5.15. The molecule has 0 bridgehead atoms. The fourth-order valence-corrected chi connectivity index (χ4v) is 1.19. The molecular weight excluding hydrogens is 164 g/mol. The van der Waals surface area contributed by atoms with Gasteiger partial charge in [-0.1, -0.05) is 39.0 Å². The molecule has 0 aromatic rings. The summed E-state index contributed by atoms with van der Waals surface area (Å²) in [5.74, 6) is 0. The van der Waals surface area contributed by atoms with Crippen LogP contribution in [0.2, 0.25) is 0 Å². The molecule has 0 fully saturated rings. The number of unbranched alkanes of at least 4 members (excludes halogenated alkanes) is 5. The molecule has 4 nitrogen and oxygen atoms in total. The highest BCUT2D eigenvalue weighted by Crippen LogP contribution is 2.03. The number of hydrogen-bond donors (Lipinski definition) is 2. The third-order valence-corrected chi connectivity index (χ3v) is 1.96. The molecule has 0 saturated heterocycles. The van der Waals surface area contributed by atoms with Crippen molar-refractivity contribution in [1.29, 1.82) is 5.53 Å². The second kappa shape index (κ2) is 11.3. The predicted molar refractivity (Wildman–Crippen MR) is 53.5 cm³/mol. The first kappa shape index (κ1) is 12.3. The largest absolute Gasteiger partial charge is 0.292 e. The molecule has 0 amide bonds. The molecule has 13 heavy (non-hydrogen) atoms. The Balaban J connectivity index is 2.87. The normalized spacial score (nSPS) is 9.62. The Morgan fingerprint density at radius 1 is 1.15 bits per heavy atom. The van der Waals surface area contributed by atoms with Crippen molar-refractivity contribution in [3.05, 3.63) is 0 Å². The van der Waals surface area contributed by atoms with Crippen LogP contribution >= 0.6 is 0 Å². The lowest BCUT2D eigenvalue weighted by Gasteiger charge is -1.99. The second-order valence-electron chi connectivity index (χ2n) is 3.17. The van der Waals surface area contributed by atoms with E-state index in [-0.39, 0.29) is 0 Å². The molecule has 0 aliphatic carbocycles. The molecule has 0 spiro atoms. The summed E-state index contributed by atoms with van der Waals surface area (Å²) in [5.41, 5.74) is 6.41. The highest BCUT2D eigenvalue weighted by molar-refractivity contribution is 4.47. The highest BCUT2D eigenvalue weighted by atomic mass is 15.2. The Hall–Kier alpha value is -0.730. The maximum atomic E-state index is 6.41. The smallest absolute Gasteiger partial charge is 0.215 e. The number of hydrogen-bond acceptors (Lipinski definition) is 3. The molecule has 0 radical (unpaired) electrons. The van der Waals surface area contributed by atoms with Gasteiger partial charge in [0.15, 0.2) is 6.67 Å². The lowest BCUT2D eigenvalue weighted by atomic mass is 10.1. The summed E-state index contributed by atoms with van der Waals surface area (Å²) < 4.78 is 0. The Morgan fingerprint density at radius 3 is 2.54 bits per heavy atom. The molecule has 4 heteroatoms. The zero-order valence-corrected chi connectivity index (χ0v) is 8.55. The Morgan fingerprint density at radius 2 is 1.85 bits per heavy atom. The fraction of sp³-hybridized carbons (Fsp3) is 1.00. The molecular formula is C9H21N4+. The number of rotatable bonds is 9. The van der Waals surface area contributed by atoms with E-state index >= 15 is 0 Å². The van der Waals surface area contributed by atoms with Crippen LogP contribution in [0.5, 0.6) is 0 Å². The van der Waals surface area contributed by atoms with Gasteiger partial charge in [-0.3, -0.25) is 5.32 Å². The van der Waals surface area contributed by atoms with E-state index in [4.69, 9.17) is 5.53 Å². The van der Waals surface area contributed by atoms with Crippen LogP contribution in [0.25, 0.3) is 0 Å². The molecule has 0 aliphatic rings. The van der Waals surface area contributed by atoms with Crippen LogP contribution in [0.15, 0.2) is 5.11 Å². The van der Waals surface area contributed by atoms with Gasteiger partial charge in [0.05, 0.1) is 0 Å². The molecule has 0 aliphatic heterocycles. The molecule has 0 aromatic carbocycles. The van der Waals surface area contributed by atoms with Gasteiger partial charge in [0.2, 0.25) is 4.91 Å². The van der Waals surface area contributed by atoms with Crippen LogP contribution in [0.3, 0.4) is 0 Å². The third-order valence-electron chi connectivity index (χ3n) is 1.96. The van der Waals surface area contributed by atoms with Gasteiger partial charge in [-0.05, 0) is 13.0 Å². The third kappa shape index (κ3) is 11.3. The summed E-state index contributed by atoms with van der Waals surface area (Å²) in [5, 5.41) is 6.60. The second-order valence-corrected chi connectivity index (χ2v) is 3.17. The van der Waals surface area contributed by atoms with Crippen molar-refractivity contribution in [2.75, 3.05) is 13.2 Å². The van der Waals surface area contributed by atoms with Gasteiger partial charge in [0, 0.05) is 0 Å². The maximum Gasteiger partial charge on any atom is 0.215 e. The molecule has 0 unspecified atom stereocenters. The summed E-state index contributed by atoms with van der Waals surface area (Å²) in [7, 11) is 0. The lowest BCUT2D eigenvalue weighted by Crippen LogP contribution is -2.14. The summed E-state index contributed by atoms with van der Waals surface area (Å²) in [6.45, 7) is 3.71. The molecule has 0 aromatic heterocycles. The summed E-state index contributed by atoms with van der Waals surface area (Å²) in [6.07, 6.45) is 7.88. The van der Waals surface area contributed by atoms with Gasteiger partial charge in [-0.25, -0.2) is 0 Å². The summed E-state index contributed by atoms with van der Waals surface area (Å²) >= 11 is 0. The molecule has 0 saturated carbocycles. The zero-order valence-electron chi connectivity index (χ0n) is 8.55. The first-order valence-electron chi connectivity index (χ1n) is 5.15.